The Kier molecular flexibility index (Phi) is 4.38. The summed E-state index contributed by atoms with van der Waals surface area (Å²) in [6.07, 6.45) is 4.60. The van der Waals surface area contributed by atoms with Gasteiger partial charge in [-0.3, -0.25) is 4.68 Å². The molecular weight excluding hydrogens is 248 g/mol. The molecule has 0 spiro atoms. The van der Waals surface area contributed by atoms with E-state index in [0.717, 1.165) is 0 Å². The summed E-state index contributed by atoms with van der Waals surface area (Å²) in [5, 5.41) is 6.97. The largest absolute Gasteiger partial charge is 0.461 e. The molecule has 0 fully saturated rings. The van der Waals surface area contributed by atoms with Gasteiger partial charge < -0.3 is 10.1 Å². The zero-order valence-electron chi connectivity index (χ0n) is 10.5. The highest BCUT2D eigenvalue weighted by Crippen LogP contribution is 2.02. The van der Waals surface area contributed by atoms with Crippen LogP contribution in [0.5, 0.6) is 0 Å². The van der Waals surface area contributed by atoms with Gasteiger partial charge in [0.1, 0.15) is 12.7 Å². The van der Waals surface area contributed by atoms with Gasteiger partial charge in [-0.2, -0.15) is 5.10 Å². The Bertz CT molecular complexity index is 528. The second-order valence-corrected chi connectivity index (χ2v) is 3.57. The van der Waals surface area contributed by atoms with Gasteiger partial charge in [-0.25, -0.2) is 19.7 Å². The number of rotatable bonds is 6. The topological polar surface area (TPSA) is 94.8 Å². The lowest BCUT2D eigenvalue weighted by Crippen LogP contribution is -2.14. The van der Waals surface area contributed by atoms with E-state index in [1.54, 1.807) is 17.9 Å². The van der Waals surface area contributed by atoms with E-state index in [2.05, 4.69) is 25.4 Å². The fourth-order valence-electron chi connectivity index (χ4n) is 1.39. The van der Waals surface area contributed by atoms with E-state index in [9.17, 15) is 4.79 Å². The van der Waals surface area contributed by atoms with Crippen molar-refractivity contribution in [1.82, 2.24) is 24.7 Å². The third kappa shape index (κ3) is 3.73. The lowest BCUT2D eigenvalue weighted by Gasteiger charge is -2.06. The van der Waals surface area contributed by atoms with E-state index in [4.69, 9.17) is 4.74 Å². The molecule has 0 aliphatic heterocycles. The fourth-order valence-corrected chi connectivity index (χ4v) is 1.39. The van der Waals surface area contributed by atoms with Gasteiger partial charge in [-0.15, -0.1) is 0 Å². The maximum Gasteiger partial charge on any atom is 0.357 e. The van der Waals surface area contributed by atoms with Crippen molar-refractivity contribution >= 4 is 11.9 Å². The molecule has 2 heterocycles. The highest BCUT2D eigenvalue weighted by Gasteiger charge is 2.09. The zero-order chi connectivity index (χ0) is 13.5. The van der Waals surface area contributed by atoms with Crippen LogP contribution in [0.25, 0.3) is 0 Å². The first kappa shape index (κ1) is 12.9. The van der Waals surface area contributed by atoms with Crippen LogP contribution in [0.4, 0.5) is 5.95 Å². The maximum atomic E-state index is 11.5. The number of nitrogens with one attached hydrogen (secondary N) is 1. The van der Waals surface area contributed by atoms with Crippen LogP contribution in [-0.4, -0.2) is 43.9 Å². The number of hydrogen-bond acceptors (Lipinski definition) is 7. The molecule has 0 unspecified atom stereocenters. The monoisotopic (exact) mass is 262 g/mol. The Morgan fingerprint density at radius 2 is 2.42 bits per heavy atom. The average molecular weight is 262 g/mol. The Morgan fingerprint density at radius 3 is 3.16 bits per heavy atom. The molecule has 0 amide bonds. The Hall–Kier alpha value is -2.51. The first-order valence-electron chi connectivity index (χ1n) is 5.86. The summed E-state index contributed by atoms with van der Waals surface area (Å²) >= 11 is 0. The standard InChI is InChI=1S/C11H14N6O2/c1-2-19-10(18)9-3-4-13-11(16-9)14-5-6-17-8-12-7-15-17/h3-4,7-8H,2,5-6H2,1H3,(H,13,14,16). The van der Waals surface area contributed by atoms with Crippen molar-refractivity contribution < 1.29 is 9.53 Å². The summed E-state index contributed by atoms with van der Waals surface area (Å²) in [4.78, 5) is 23.4. The molecule has 0 radical (unpaired) electrons. The Labute approximate surface area is 109 Å². The Balaban J connectivity index is 1.90. The second-order valence-electron chi connectivity index (χ2n) is 3.57. The molecular formula is C11H14N6O2. The van der Waals surface area contributed by atoms with E-state index in [1.807, 2.05) is 0 Å². The molecule has 0 aliphatic rings. The molecule has 8 heteroatoms. The van der Waals surface area contributed by atoms with Gasteiger partial charge in [-0.1, -0.05) is 0 Å². The molecule has 2 rings (SSSR count). The molecule has 100 valence electrons. The second kappa shape index (κ2) is 6.43. The summed E-state index contributed by atoms with van der Waals surface area (Å²) in [5.41, 5.74) is 0.236. The van der Waals surface area contributed by atoms with Gasteiger partial charge in [0, 0.05) is 12.7 Å². The summed E-state index contributed by atoms with van der Waals surface area (Å²) < 4.78 is 6.55. The first-order chi connectivity index (χ1) is 9.29. The van der Waals surface area contributed by atoms with Crippen LogP contribution >= 0.6 is 0 Å². The SMILES string of the molecule is CCOC(=O)c1ccnc(NCCn2cncn2)n1. The van der Waals surface area contributed by atoms with Crippen LogP contribution in [0.3, 0.4) is 0 Å². The van der Waals surface area contributed by atoms with Crippen molar-refractivity contribution in [2.75, 3.05) is 18.5 Å². The molecule has 1 N–H and O–H groups in total. The van der Waals surface area contributed by atoms with Crippen molar-refractivity contribution in [3.8, 4) is 0 Å². The van der Waals surface area contributed by atoms with Crippen LogP contribution in [0.2, 0.25) is 0 Å². The molecule has 0 atom stereocenters. The van der Waals surface area contributed by atoms with E-state index in [1.165, 1.54) is 18.6 Å². The van der Waals surface area contributed by atoms with Crippen molar-refractivity contribution in [1.29, 1.82) is 0 Å². The number of ether oxygens (including phenoxy) is 1. The number of carbonyl (C=O) groups excluding carboxylic acids is 1. The van der Waals surface area contributed by atoms with E-state index in [-0.39, 0.29) is 5.69 Å². The van der Waals surface area contributed by atoms with Gasteiger partial charge in [0.25, 0.3) is 0 Å². The third-order valence-corrected chi connectivity index (χ3v) is 2.23. The summed E-state index contributed by atoms with van der Waals surface area (Å²) in [5.74, 6) is -0.0742. The number of anilines is 1. The quantitative estimate of drug-likeness (QED) is 0.751. The molecule has 0 aromatic carbocycles. The van der Waals surface area contributed by atoms with E-state index in [0.29, 0.717) is 25.6 Å². The van der Waals surface area contributed by atoms with Crippen LogP contribution in [0, 0.1) is 0 Å². The minimum atomic E-state index is -0.454. The normalized spacial score (nSPS) is 10.2. The van der Waals surface area contributed by atoms with Gasteiger partial charge in [0.2, 0.25) is 5.95 Å². The highest BCUT2D eigenvalue weighted by molar-refractivity contribution is 5.87. The van der Waals surface area contributed by atoms with Crippen LogP contribution in [-0.2, 0) is 11.3 Å². The molecule has 0 bridgehead atoms. The predicted molar refractivity (Wildman–Crippen MR) is 66.5 cm³/mol. The number of hydrogen-bond donors (Lipinski definition) is 1. The molecule has 19 heavy (non-hydrogen) atoms. The zero-order valence-corrected chi connectivity index (χ0v) is 10.5. The minimum Gasteiger partial charge on any atom is -0.461 e. The van der Waals surface area contributed by atoms with Crippen molar-refractivity contribution in [2.24, 2.45) is 0 Å². The molecule has 2 aromatic heterocycles. The van der Waals surface area contributed by atoms with Crippen molar-refractivity contribution in [2.45, 2.75) is 13.5 Å². The van der Waals surface area contributed by atoms with Gasteiger partial charge in [0.05, 0.1) is 13.2 Å². The lowest BCUT2D eigenvalue weighted by molar-refractivity contribution is 0.0519. The molecule has 0 saturated heterocycles. The van der Waals surface area contributed by atoms with Gasteiger partial charge >= 0.3 is 5.97 Å². The highest BCUT2D eigenvalue weighted by atomic mass is 16.5. The number of carbonyl (C=O) groups is 1. The number of aromatic nitrogens is 5. The number of nitrogens with zero attached hydrogens (tertiary/aromatic N) is 5. The summed E-state index contributed by atoms with van der Waals surface area (Å²) in [7, 11) is 0. The van der Waals surface area contributed by atoms with Gasteiger partial charge in [0.15, 0.2) is 5.69 Å². The van der Waals surface area contributed by atoms with E-state index >= 15 is 0 Å². The maximum absolute atomic E-state index is 11.5. The van der Waals surface area contributed by atoms with Crippen LogP contribution in [0.1, 0.15) is 17.4 Å². The minimum absolute atomic E-state index is 0.236. The number of esters is 1. The third-order valence-electron chi connectivity index (χ3n) is 2.23. The molecule has 0 saturated carbocycles. The fraction of sp³-hybridized carbons (Fsp3) is 0.364. The Morgan fingerprint density at radius 1 is 1.53 bits per heavy atom. The smallest absolute Gasteiger partial charge is 0.357 e. The molecule has 2 aromatic rings. The predicted octanol–water partition coefficient (Wildman–Crippen LogP) is 0.357. The van der Waals surface area contributed by atoms with Crippen LogP contribution in [0.15, 0.2) is 24.9 Å². The molecule has 0 aliphatic carbocycles. The van der Waals surface area contributed by atoms with Crippen LogP contribution < -0.4 is 5.32 Å². The molecule has 8 nitrogen and oxygen atoms in total. The summed E-state index contributed by atoms with van der Waals surface area (Å²) in [6.45, 7) is 3.27. The van der Waals surface area contributed by atoms with E-state index < -0.39 is 5.97 Å². The van der Waals surface area contributed by atoms with Gasteiger partial charge in [-0.05, 0) is 13.0 Å². The van der Waals surface area contributed by atoms with Crippen molar-refractivity contribution in [3.05, 3.63) is 30.6 Å². The average Bonchev–Trinajstić information content (AvgIpc) is 2.93. The van der Waals surface area contributed by atoms with Crippen molar-refractivity contribution in [3.63, 3.8) is 0 Å². The first-order valence-corrected chi connectivity index (χ1v) is 5.86. The summed E-state index contributed by atoms with van der Waals surface area (Å²) in [6, 6.07) is 1.51. The lowest BCUT2D eigenvalue weighted by atomic mass is 10.4.